The van der Waals surface area contributed by atoms with Crippen molar-refractivity contribution in [2.45, 2.75) is 13.8 Å². The fourth-order valence-electron chi connectivity index (χ4n) is 1.88. The molecule has 2 rings (SSSR count). The normalized spacial score (nSPS) is 10.5. The van der Waals surface area contributed by atoms with Crippen molar-refractivity contribution in [1.82, 2.24) is 5.43 Å². The number of rotatable bonds is 7. The number of hydrogen-bond acceptors (Lipinski definition) is 4. The highest BCUT2D eigenvalue weighted by molar-refractivity contribution is 5.83. The van der Waals surface area contributed by atoms with Gasteiger partial charge in [-0.1, -0.05) is 12.1 Å². The van der Waals surface area contributed by atoms with Gasteiger partial charge in [0.1, 0.15) is 11.5 Å². The van der Waals surface area contributed by atoms with Crippen LogP contribution >= 0.6 is 0 Å². The summed E-state index contributed by atoms with van der Waals surface area (Å²) in [6.07, 6.45) is 1.57. The SMILES string of the molecule is CCOc1ccc(/C=N\NC(=O)COc2cccc(C)c2)cc1. The van der Waals surface area contributed by atoms with Gasteiger partial charge in [-0.15, -0.1) is 0 Å². The molecule has 0 saturated heterocycles. The van der Waals surface area contributed by atoms with E-state index in [1.807, 2.05) is 62.4 Å². The Balaban J connectivity index is 1.77. The molecule has 0 spiro atoms. The van der Waals surface area contributed by atoms with Crippen molar-refractivity contribution in [2.75, 3.05) is 13.2 Å². The number of hydrazone groups is 1. The van der Waals surface area contributed by atoms with Gasteiger partial charge in [0.05, 0.1) is 12.8 Å². The molecule has 0 bridgehead atoms. The summed E-state index contributed by atoms with van der Waals surface area (Å²) in [5, 5.41) is 3.90. The molecule has 5 heteroatoms. The van der Waals surface area contributed by atoms with Crippen LogP contribution in [-0.4, -0.2) is 25.3 Å². The van der Waals surface area contributed by atoms with Crippen molar-refractivity contribution in [3.63, 3.8) is 0 Å². The second kappa shape index (κ2) is 8.58. The summed E-state index contributed by atoms with van der Waals surface area (Å²) in [5.41, 5.74) is 4.38. The van der Waals surface area contributed by atoms with Gasteiger partial charge in [-0.25, -0.2) is 5.43 Å². The van der Waals surface area contributed by atoms with E-state index in [0.29, 0.717) is 12.4 Å². The lowest BCUT2D eigenvalue weighted by atomic mass is 10.2. The summed E-state index contributed by atoms with van der Waals surface area (Å²) in [7, 11) is 0. The van der Waals surface area contributed by atoms with Crippen molar-refractivity contribution in [2.24, 2.45) is 5.10 Å². The third-order valence-electron chi connectivity index (χ3n) is 2.95. The minimum Gasteiger partial charge on any atom is -0.494 e. The fraction of sp³-hybridized carbons (Fsp3) is 0.222. The molecule has 2 aromatic carbocycles. The van der Waals surface area contributed by atoms with E-state index in [2.05, 4.69) is 10.5 Å². The van der Waals surface area contributed by atoms with E-state index in [0.717, 1.165) is 16.9 Å². The van der Waals surface area contributed by atoms with Crippen LogP contribution in [0.2, 0.25) is 0 Å². The van der Waals surface area contributed by atoms with Gasteiger partial charge < -0.3 is 9.47 Å². The predicted octanol–water partition coefficient (Wildman–Crippen LogP) is 2.92. The number of aryl methyl sites for hydroxylation is 1. The van der Waals surface area contributed by atoms with Crippen LogP contribution in [0.15, 0.2) is 53.6 Å². The number of amides is 1. The van der Waals surface area contributed by atoms with E-state index in [9.17, 15) is 4.79 Å². The quantitative estimate of drug-likeness (QED) is 0.631. The lowest BCUT2D eigenvalue weighted by Crippen LogP contribution is -2.24. The first kappa shape index (κ1) is 16.5. The molecule has 1 amide bonds. The summed E-state index contributed by atoms with van der Waals surface area (Å²) < 4.78 is 10.7. The third kappa shape index (κ3) is 5.82. The molecule has 0 fully saturated rings. The Kier molecular flexibility index (Phi) is 6.17. The van der Waals surface area contributed by atoms with Crippen LogP contribution in [0.25, 0.3) is 0 Å². The molecule has 5 nitrogen and oxygen atoms in total. The molecule has 1 N–H and O–H groups in total. The maximum atomic E-state index is 11.7. The Morgan fingerprint density at radius 1 is 1.13 bits per heavy atom. The van der Waals surface area contributed by atoms with Crippen LogP contribution in [-0.2, 0) is 4.79 Å². The first-order chi connectivity index (χ1) is 11.2. The average molecular weight is 312 g/mol. The van der Waals surface area contributed by atoms with Crippen molar-refractivity contribution >= 4 is 12.1 Å². The molecule has 0 saturated carbocycles. The van der Waals surface area contributed by atoms with Gasteiger partial charge in [-0.3, -0.25) is 4.79 Å². The molecule has 120 valence electrons. The zero-order valence-corrected chi connectivity index (χ0v) is 13.3. The smallest absolute Gasteiger partial charge is 0.277 e. The first-order valence-corrected chi connectivity index (χ1v) is 7.41. The maximum absolute atomic E-state index is 11.7. The van der Waals surface area contributed by atoms with E-state index in [4.69, 9.17) is 9.47 Å². The maximum Gasteiger partial charge on any atom is 0.277 e. The topological polar surface area (TPSA) is 59.9 Å². The summed E-state index contributed by atoms with van der Waals surface area (Å²) in [4.78, 5) is 11.7. The Labute approximate surface area is 135 Å². The highest BCUT2D eigenvalue weighted by Crippen LogP contribution is 2.12. The van der Waals surface area contributed by atoms with Crippen molar-refractivity contribution < 1.29 is 14.3 Å². The van der Waals surface area contributed by atoms with Gasteiger partial charge in [0.2, 0.25) is 0 Å². The second-order valence-corrected chi connectivity index (χ2v) is 4.90. The first-order valence-electron chi connectivity index (χ1n) is 7.41. The lowest BCUT2D eigenvalue weighted by molar-refractivity contribution is -0.123. The highest BCUT2D eigenvalue weighted by atomic mass is 16.5. The van der Waals surface area contributed by atoms with Crippen LogP contribution in [0.5, 0.6) is 11.5 Å². The van der Waals surface area contributed by atoms with Crippen LogP contribution in [0.4, 0.5) is 0 Å². The van der Waals surface area contributed by atoms with Gasteiger partial charge in [-0.2, -0.15) is 5.10 Å². The van der Waals surface area contributed by atoms with E-state index in [1.54, 1.807) is 6.21 Å². The molecular formula is C18H20N2O3. The number of carbonyl (C=O) groups is 1. The fourth-order valence-corrected chi connectivity index (χ4v) is 1.88. The molecule has 0 heterocycles. The molecule has 0 radical (unpaired) electrons. The molecule has 0 aliphatic heterocycles. The summed E-state index contributed by atoms with van der Waals surface area (Å²) in [5.74, 6) is 1.16. The van der Waals surface area contributed by atoms with E-state index >= 15 is 0 Å². The summed E-state index contributed by atoms with van der Waals surface area (Å²) in [6, 6.07) is 15.0. The monoisotopic (exact) mass is 312 g/mol. The largest absolute Gasteiger partial charge is 0.494 e. The molecule has 2 aromatic rings. The second-order valence-electron chi connectivity index (χ2n) is 4.90. The van der Waals surface area contributed by atoms with Gasteiger partial charge in [0.15, 0.2) is 6.61 Å². The van der Waals surface area contributed by atoms with Crippen LogP contribution < -0.4 is 14.9 Å². The standard InChI is InChI=1S/C18H20N2O3/c1-3-22-16-9-7-15(8-10-16)12-19-20-18(21)13-23-17-6-4-5-14(2)11-17/h4-12H,3,13H2,1-2H3,(H,20,21)/b19-12-. The third-order valence-corrected chi connectivity index (χ3v) is 2.95. The van der Waals surface area contributed by atoms with E-state index in [-0.39, 0.29) is 12.5 Å². The number of ether oxygens (including phenoxy) is 2. The van der Waals surface area contributed by atoms with Crippen molar-refractivity contribution in [3.05, 3.63) is 59.7 Å². The predicted molar refractivity (Wildman–Crippen MR) is 90.0 cm³/mol. The van der Waals surface area contributed by atoms with Crippen LogP contribution in [0.3, 0.4) is 0 Å². The number of benzene rings is 2. The van der Waals surface area contributed by atoms with Crippen LogP contribution in [0.1, 0.15) is 18.1 Å². The van der Waals surface area contributed by atoms with Gasteiger partial charge in [-0.05, 0) is 61.4 Å². The zero-order chi connectivity index (χ0) is 16.5. The van der Waals surface area contributed by atoms with Gasteiger partial charge in [0, 0.05) is 0 Å². The lowest BCUT2D eigenvalue weighted by Gasteiger charge is -2.05. The molecule has 0 aliphatic rings. The van der Waals surface area contributed by atoms with E-state index < -0.39 is 0 Å². The molecule has 23 heavy (non-hydrogen) atoms. The Morgan fingerprint density at radius 3 is 2.61 bits per heavy atom. The number of nitrogens with zero attached hydrogens (tertiary/aromatic N) is 1. The van der Waals surface area contributed by atoms with Crippen LogP contribution in [0, 0.1) is 6.92 Å². The molecular weight excluding hydrogens is 292 g/mol. The number of nitrogens with one attached hydrogen (secondary N) is 1. The Hall–Kier alpha value is -2.82. The van der Waals surface area contributed by atoms with Crippen molar-refractivity contribution in [1.29, 1.82) is 0 Å². The van der Waals surface area contributed by atoms with Crippen molar-refractivity contribution in [3.8, 4) is 11.5 Å². The van der Waals surface area contributed by atoms with Gasteiger partial charge in [0.25, 0.3) is 5.91 Å². The molecule has 0 aliphatic carbocycles. The molecule has 0 atom stereocenters. The zero-order valence-electron chi connectivity index (χ0n) is 13.3. The average Bonchev–Trinajstić information content (AvgIpc) is 2.55. The Bertz CT molecular complexity index is 666. The highest BCUT2D eigenvalue weighted by Gasteiger charge is 2.01. The Morgan fingerprint density at radius 2 is 1.91 bits per heavy atom. The number of carbonyl (C=O) groups excluding carboxylic acids is 1. The molecule has 0 unspecified atom stereocenters. The minimum atomic E-state index is -0.311. The molecule has 0 aromatic heterocycles. The van der Waals surface area contributed by atoms with Gasteiger partial charge >= 0.3 is 0 Å². The minimum absolute atomic E-state index is 0.0793. The number of hydrogen-bond donors (Lipinski definition) is 1. The summed E-state index contributed by atoms with van der Waals surface area (Å²) in [6.45, 7) is 4.45. The summed E-state index contributed by atoms with van der Waals surface area (Å²) >= 11 is 0. The van der Waals surface area contributed by atoms with E-state index in [1.165, 1.54) is 0 Å².